The van der Waals surface area contributed by atoms with Gasteiger partial charge < -0.3 is 15.7 Å². The van der Waals surface area contributed by atoms with Crippen molar-refractivity contribution in [2.75, 3.05) is 5.32 Å². The third-order valence-corrected chi connectivity index (χ3v) is 3.03. The van der Waals surface area contributed by atoms with Crippen LogP contribution in [-0.2, 0) is 4.79 Å². The van der Waals surface area contributed by atoms with Crippen LogP contribution in [0.3, 0.4) is 0 Å². The molecule has 2 amide bonds. The van der Waals surface area contributed by atoms with Crippen LogP contribution >= 0.6 is 0 Å². The Hall–Kier alpha value is -2.11. The Morgan fingerprint density at radius 3 is 2.55 bits per heavy atom. The fourth-order valence-corrected chi connectivity index (χ4v) is 1.71. The largest absolute Gasteiger partial charge is 0.481 e. The molecule has 0 radical (unpaired) electrons. The number of aliphatic carboxylic acids is 1. The van der Waals surface area contributed by atoms with Gasteiger partial charge >= 0.3 is 12.0 Å². The summed E-state index contributed by atoms with van der Waals surface area (Å²) in [4.78, 5) is 22.6. The molecule has 1 aromatic carbocycles. The molecule has 0 saturated heterocycles. The average molecular weight is 282 g/mol. The molecule has 0 fully saturated rings. The van der Waals surface area contributed by atoms with Crippen LogP contribution in [0.25, 0.3) is 0 Å². The summed E-state index contributed by atoms with van der Waals surface area (Å²) in [6, 6.07) is 3.36. The summed E-state index contributed by atoms with van der Waals surface area (Å²) in [5.74, 6) is -1.41. The fourth-order valence-electron chi connectivity index (χ4n) is 1.71. The third kappa shape index (κ3) is 4.53. The van der Waals surface area contributed by atoms with Gasteiger partial charge in [0.25, 0.3) is 0 Å². The zero-order valence-corrected chi connectivity index (χ0v) is 11.7. The molecule has 20 heavy (non-hydrogen) atoms. The van der Waals surface area contributed by atoms with Crippen molar-refractivity contribution in [2.45, 2.75) is 33.2 Å². The monoisotopic (exact) mass is 282 g/mol. The first kappa shape index (κ1) is 15.9. The highest BCUT2D eigenvalue weighted by molar-refractivity contribution is 5.90. The summed E-state index contributed by atoms with van der Waals surface area (Å²) >= 11 is 0. The van der Waals surface area contributed by atoms with Gasteiger partial charge in [-0.15, -0.1) is 0 Å². The highest BCUT2D eigenvalue weighted by atomic mass is 19.1. The van der Waals surface area contributed by atoms with Gasteiger partial charge in [0.05, 0.1) is 6.42 Å². The van der Waals surface area contributed by atoms with E-state index in [9.17, 15) is 14.0 Å². The maximum atomic E-state index is 13.3. The lowest BCUT2D eigenvalue weighted by atomic mass is 10.0. The zero-order chi connectivity index (χ0) is 15.3. The Morgan fingerprint density at radius 2 is 2.00 bits per heavy atom. The van der Waals surface area contributed by atoms with Gasteiger partial charge in [0.2, 0.25) is 0 Å². The van der Waals surface area contributed by atoms with E-state index < -0.39 is 23.9 Å². The predicted octanol–water partition coefficient (Wildman–Crippen LogP) is 2.75. The maximum Gasteiger partial charge on any atom is 0.319 e. The molecule has 0 aliphatic heterocycles. The summed E-state index contributed by atoms with van der Waals surface area (Å²) in [6.07, 6.45) is -0.160. The zero-order valence-electron chi connectivity index (χ0n) is 11.7. The van der Waals surface area contributed by atoms with Crippen LogP contribution in [0.1, 0.15) is 25.8 Å². The number of amides is 2. The van der Waals surface area contributed by atoms with E-state index in [-0.39, 0.29) is 12.3 Å². The van der Waals surface area contributed by atoms with E-state index in [1.165, 1.54) is 12.1 Å². The van der Waals surface area contributed by atoms with Gasteiger partial charge in [-0.1, -0.05) is 19.9 Å². The highest BCUT2D eigenvalue weighted by Gasteiger charge is 2.19. The number of carbonyl (C=O) groups excluding carboxylic acids is 1. The molecule has 0 bridgehead atoms. The number of hydrogen-bond acceptors (Lipinski definition) is 2. The van der Waals surface area contributed by atoms with E-state index >= 15 is 0 Å². The number of halogens is 1. The van der Waals surface area contributed by atoms with Crippen LogP contribution in [0, 0.1) is 18.7 Å². The smallest absolute Gasteiger partial charge is 0.319 e. The molecule has 1 atom stereocenters. The first-order valence-corrected chi connectivity index (χ1v) is 6.35. The SMILES string of the molecule is Cc1c(F)cccc1NC(=O)NC(CC(=O)O)C(C)C. The summed E-state index contributed by atoms with van der Waals surface area (Å²) < 4.78 is 13.3. The number of carboxylic acids is 1. The molecule has 110 valence electrons. The second kappa shape index (κ2) is 6.88. The van der Waals surface area contributed by atoms with Gasteiger partial charge in [-0.3, -0.25) is 4.79 Å². The van der Waals surface area contributed by atoms with Crippen molar-refractivity contribution in [2.24, 2.45) is 5.92 Å². The van der Waals surface area contributed by atoms with Crippen LogP contribution in [-0.4, -0.2) is 23.1 Å². The molecule has 0 saturated carbocycles. The van der Waals surface area contributed by atoms with Gasteiger partial charge in [0.15, 0.2) is 0 Å². The van der Waals surface area contributed by atoms with Crippen molar-refractivity contribution in [3.63, 3.8) is 0 Å². The highest BCUT2D eigenvalue weighted by Crippen LogP contribution is 2.17. The van der Waals surface area contributed by atoms with E-state index in [1.807, 2.05) is 13.8 Å². The number of carbonyl (C=O) groups is 2. The lowest BCUT2D eigenvalue weighted by molar-refractivity contribution is -0.137. The van der Waals surface area contributed by atoms with Crippen molar-refractivity contribution in [1.82, 2.24) is 5.32 Å². The Balaban J connectivity index is 2.70. The fraction of sp³-hybridized carbons (Fsp3) is 0.429. The molecule has 1 aromatic rings. The van der Waals surface area contributed by atoms with Gasteiger partial charge in [-0.05, 0) is 25.0 Å². The normalized spacial score (nSPS) is 12.1. The second-order valence-electron chi connectivity index (χ2n) is 4.96. The summed E-state index contributed by atoms with van der Waals surface area (Å²) in [5.41, 5.74) is 0.697. The number of benzene rings is 1. The molecule has 6 heteroatoms. The van der Waals surface area contributed by atoms with Crippen LogP contribution in [0.4, 0.5) is 14.9 Å². The Morgan fingerprint density at radius 1 is 1.35 bits per heavy atom. The molecular formula is C14H19FN2O3. The molecule has 0 aromatic heterocycles. The van der Waals surface area contributed by atoms with Crippen molar-refractivity contribution in [3.8, 4) is 0 Å². The molecule has 3 N–H and O–H groups in total. The van der Waals surface area contributed by atoms with E-state index in [0.29, 0.717) is 11.3 Å². The van der Waals surface area contributed by atoms with Gasteiger partial charge in [0, 0.05) is 17.3 Å². The maximum absolute atomic E-state index is 13.3. The van der Waals surface area contributed by atoms with E-state index in [1.54, 1.807) is 13.0 Å². The number of urea groups is 1. The number of carboxylic acid groups (broad SMARTS) is 1. The molecule has 0 heterocycles. The van der Waals surface area contributed by atoms with Gasteiger partial charge in [-0.2, -0.15) is 0 Å². The average Bonchev–Trinajstić information content (AvgIpc) is 2.33. The van der Waals surface area contributed by atoms with Gasteiger partial charge in [-0.25, -0.2) is 9.18 Å². The summed E-state index contributed by atoms with van der Waals surface area (Å²) in [7, 11) is 0. The minimum atomic E-state index is -0.981. The molecule has 0 aliphatic carbocycles. The molecule has 0 aliphatic rings. The second-order valence-corrected chi connectivity index (χ2v) is 4.96. The number of rotatable bonds is 5. The third-order valence-electron chi connectivity index (χ3n) is 3.03. The van der Waals surface area contributed by atoms with Crippen LogP contribution in [0.2, 0.25) is 0 Å². The number of anilines is 1. The molecule has 1 unspecified atom stereocenters. The minimum absolute atomic E-state index is 0.0227. The minimum Gasteiger partial charge on any atom is -0.481 e. The summed E-state index contributed by atoms with van der Waals surface area (Å²) in [6.45, 7) is 5.20. The molecule has 5 nitrogen and oxygen atoms in total. The first-order chi connectivity index (χ1) is 9.31. The lowest BCUT2D eigenvalue weighted by Gasteiger charge is -2.21. The first-order valence-electron chi connectivity index (χ1n) is 6.35. The van der Waals surface area contributed by atoms with Crippen molar-refractivity contribution < 1.29 is 19.1 Å². The quantitative estimate of drug-likeness (QED) is 0.777. The van der Waals surface area contributed by atoms with E-state index in [4.69, 9.17) is 5.11 Å². The number of hydrogen-bond donors (Lipinski definition) is 3. The summed E-state index contributed by atoms with van der Waals surface area (Å²) in [5, 5.41) is 13.9. The van der Waals surface area contributed by atoms with Crippen LogP contribution in [0.5, 0.6) is 0 Å². The Kier molecular flexibility index (Phi) is 5.49. The molecular weight excluding hydrogens is 263 g/mol. The lowest BCUT2D eigenvalue weighted by Crippen LogP contribution is -2.42. The Labute approximate surface area is 117 Å². The van der Waals surface area contributed by atoms with Crippen molar-refractivity contribution in [1.29, 1.82) is 0 Å². The Bertz CT molecular complexity index is 503. The van der Waals surface area contributed by atoms with Crippen molar-refractivity contribution >= 4 is 17.7 Å². The number of nitrogens with one attached hydrogen (secondary N) is 2. The van der Waals surface area contributed by atoms with Crippen molar-refractivity contribution in [3.05, 3.63) is 29.6 Å². The predicted molar refractivity (Wildman–Crippen MR) is 74.2 cm³/mol. The van der Waals surface area contributed by atoms with E-state index in [2.05, 4.69) is 10.6 Å². The van der Waals surface area contributed by atoms with Gasteiger partial charge in [0.1, 0.15) is 5.82 Å². The van der Waals surface area contributed by atoms with E-state index in [0.717, 1.165) is 0 Å². The van der Waals surface area contributed by atoms with Crippen LogP contribution in [0.15, 0.2) is 18.2 Å². The molecule has 0 spiro atoms. The van der Waals surface area contributed by atoms with Crippen LogP contribution < -0.4 is 10.6 Å². The standard InChI is InChI=1S/C14H19FN2O3/c1-8(2)12(7-13(18)19)17-14(20)16-11-6-4-5-10(15)9(11)3/h4-6,8,12H,7H2,1-3H3,(H,18,19)(H2,16,17,20). The molecule has 1 rings (SSSR count). The topological polar surface area (TPSA) is 78.4 Å².